The average Bonchev–Trinajstić information content (AvgIpc) is 3.35. The molecule has 2 unspecified atom stereocenters. The van der Waals surface area contributed by atoms with Crippen LogP contribution in [0.4, 0.5) is 0 Å². The number of carbonyl (C=O) groups excluding carboxylic acids is 2. The summed E-state index contributed by atoms with van der Waals surface area (Å²) in [6.07, 6.45) is 71.9. The molecule has 0 aromatic heterocycles. The summed E-state index contributed by atoms with van der Waals surface area (Å²) in [7, 11) is 0. The lowest BCUT2D eigenvalue weighted by atomic mass is 10.0. The van der Waals surface area contributed by atoms with Crippen LogP contribution in [0.15, 0.2) is 24.3 Å². The number of ether oxygens (including phenoxy) is 1. The van der Waals surface area contributed by atoms with E-state index < -0.39 is 12.1 Å². The van der Waals surface area contributed by atoms with Crippen LogP contribution >= 0.6 is 0 Å². The second-order valence-electron chi connectivity index (χ2n) is 21.4. The molecule has 0 rings (SSSR count). The number of nitrogens with one attached hydrogen (secondary N) is 1. The highest BCUT2D eigenvalue weighted by molar-refractivity contribution is 5.76. The van der Waals surface area contributed by atoms with Crippen LogP contribution in [0.5, 0.6) is 0 Å². The molecule has 0 spiro atoms. The number of hydrogen-bond donors (Lipinski definition) is 3. The summed E-state index contributed by atoms with van der Waals surface area (Å²) in [5.41, 5.74) is 0. The molecule has 0 aliphatic carbocycles. The minimum atomic E-state index is -0.669. The lowest BCUT2D eigenvalue weighted by Gasteiger charge is -2.22. The molecule has 2 atom stereocenters. The Hall–Kier alpha value is -1.66. The van der Waals surface area contributed by atoms with Crippen molar-refractivity contribution in [2.45, 2.75) is 353 Å². The molecule has 0 radical (unpaired) electrons. The van der Waals surface area contributed by atoms with E-state index in [1.54, 1.807) is 0 Å². The molecule has 69 heavy (non-hydrogen) atoms. The minimum absolute atomic E-state index is 0.0117. The number of carbonyl (C=O) groups is 2. The van der Waals surface area contributed by atoms with Crippen molar-refractivity contribution in [3.05, 3.63) is 24.3 Å². The number of allylic oxidation sites excluding steroid dienone is 4. The van der Waals surface area contributed by atoms with Crippen molar-refractivity contribution in [1.82, 2.24) is 5.32 Å². The summed E-state index contributed by atoms with van der Waals surface area (Å²) >= 11 is 0. The fourth-order valence-corrected chi connectivity index (χ4v) is 9.73. The van der Waals surface area contributed by atoms with Crippen molar-refractivity contribution in [3.63, 3.8) is 0 Å². The Bertz CT molecular complexity index is 1080. The highest BCUT2D eigenvalue weighted by atomic mass is 16.5. The van der Waals surface area contributed by atoms with E-state index in [1.807, 2.05) is 0 Å². The molecule has 1 amide bonds. The number of rotatable bonds is 58. The molecule has 0 bridgehead atoms. The Morgan fingerprint density at radius 2 is 0.725 bits per heavy atom. The van der Waals surface area contributed by atoms with Gasteiger partial charge in [0.2, 0.25) is 5.91 Å². The van der Waals surface area contributed by atoms with E-state index in [4.69, 9.17) is 4.74 Å². The third kappa shape index (κ3) is 55.5. The van der Waals surface area contributed by atoms with Gasteiger partial charge in [-0.25, -0.2) is 0 Å². The molecule has 0 aromatic carbocycles. The molecule has 0 saturated carbocycles. The molecule has 6 nitrogen and oxygen atoms in total. The zero-order valence-electron chi connectivity index (χ0n) is 46.6. The van der Waals surface area contributed by atoms with Crippen LogP contribution in [-0.2, 0) is 14.3 Å². The number of aliphatic hydroxyl groups excluding tert-OH is 2. The summed E-state index contributed by atoms with van der Waals surface area (Å²) in [4.78, 5) is 24.5. The van der Waals surface area contributed by atoms with Crippen LogP contribution in [0.1, 0.15) is 341 Å². The van der Waals surface area contributed by atoms with Gasteiger partial charge in [0.25, 0.3) is 0 Å². The van der Waals surface area contributed by atoms with Gasteiger partial charge >= 0.3 is 5.97 Å². The van der Waals surface area contributed by atoms with Crippen molar-refractivity contribution in [1.29, 1.82) is 0 Å². The largest absolute Gasteiger partial charge is 0.466 e. The molecule has 0 heterocycles. The molecule has 6 heteroatoms. The predicted octanol–water partition coefficient (Wildman–Crippen LogP) is 19.4. The van der Waals surface area contributed by atoms with Gasteiger partial charge in [0.15, 0.2) is 0 Å². The average molecular weight is 973 g/mol. The van der Waals surface area contributed by atoms with Gasteiger partial charge in [-0.05, 0) is 57.8 Å². The second-order valence-corrected chi connectivity index (χ2v) is 21.4. The fourth-order valence-electron chi connectivity index (χ4n) is 9.73. The lowest BCUT2D eigenvalue weighted by molar-refractivity contribution is -0.143. The van der Waals surface area contributed by atoms with Crippen molar-refractivity contribution in [2.24, 2.45) is 0 Å². The van der Waals surface area contributed by atoms with Crippen LogP contribution in [0.2, 0.25) is 0 Å². The molecule has 0 aliphatic heterocycles. The number of hydrogen-bond acceptors (Lipinski definition) is 5. The Balaban J connectivity index is 3.40. The van der Waals surface area contributed by atoms with E-state index in [0.29, 0.717) is 25.9 Å². The Morgan fingerprint density at radius 3 is 1.10 bits per heavy atom. The van der Waals surface area contributed by atoms with Crippen LogP contribution in [-0.4, -0.2) is 47.4 Å². The van der Waals surface area contributed by atoms with E-state index in [0.717, 1.165) is 51.4 Å². The zero-order valence-corrected chi connectivity index (χ0v) is 46.6. The fraction of sp³-hybridized carbons (Fsp3) is 0.905. The van der Waals surface area contributed by atoms with Crippen LogP contribution in [0.3, 0.4) is 0 Å². The maximum Gasteiger partial charge on any atom is 0.305 e. The summed E-state index contributed by atoms with van der Waals surface area (Å²) in [5.74, 6) is -0.0339. The lowest BCUT2D eigenvalue weighted by Crippen LogP contribution is -2.45. The Labute approximate surface area is 431 Å². The first-order valence-electron chi connectivity index (χ1n) is 31.1. The standard InChI is InChI=1S/C63H121NO5/c1-3-5-7-9-11-13-15-16-17-18-27-30-33-37-41-45-49-53-57-63(68)69-58-54-50-46-42-38-34-31-28-25-23-21-19-20-22-24-26-29-32-36-40-44-48-52-56-62(67)64-60(59-65)61(66)55-51-47-43-39-35-14-12-10-8-6-4-2/h19,21-22,24,60-61,65-66H,3-18,20,23,25-59H2,1-2H3,(H,64,67)/b21-19-,24-22-. The first-order valence-corrected chi connectivity index (χ1v) is 31.1. The molecule has 0 aromatic rings. The first kappa shape index (κ1) is 67.3. The van der Waals surface area contributed by atoms with Gasteiger partial charge in [0.1, 0.15) is 0 Å². The molecule has 0 saturated heterocycles. The van der Waals surface area contributed by atoms with Crippen LogP contribution in [0, 0.1) is 0 Å². The zero-order chi connectivity index (χ0) is 50.0. The van der Waals surface area contributed by atoms with E-state index in [2.05, 4.69) is 43.5 Å². The summed E-state index contributed by atoms with van der Waals surface area (Å²) < 4.78 is 5.50. The Morgan fingerprint density at radius 1 is 0.406 bits per heavy atom. The third-order valence-electron chi connectivity index (χ3n) is 14.5. The monoisotopic (exact) mass is 972 g/mol. The van der Waals surface area contributed by atoms with Gasteiger partial charge in [-0.1, -0.05) is 295 Å². The van der Waals surface area contributed by atoms with Crippen molar-refractivity contribution in [2.75, 3.05) is 13.2 Å². The molecular formula is C63H121NO5. The summed E-state index contributed by atoms with van der Waals surface area (Å²) in [6.45, 7) is 4.96. The van der Waals surface area contributed by atoms with E-state index in [1.165, 1.54) is 257 Å². The van der Waals surface area contributed by atoms with Crippen LogP contribution < -0.4 is 5.32 Å². The SMILES string of the molecule is CCCCCCCCCCCCCCCCCCCCC(=O)OCCCCCCCCCCC/C=C\C/C=C\CCCCCCCCCC(=O)NC(CO)C(O)CCCCCCCCCCCCC. The highest BCUT2D eigenvalue weighted by Gasteiger charge is 2.20. The number of unbranched alkanes of at least 4 members (excludes halogenated alkanes) is 43. The van der Waals surface area contributed by atoms with E-state index >= 15 is 0 Å². The molecule has 0 aliphatic rings. The Kier molecular flexibility index (Phi) is 57.5. The number of esters is 1. The normalized spacial score (nSPS) is 12.7. The van der Waals surface area contributed by atoms with Gasteiger partial charge in [-0.2, -0.15) is 0 Å². The molecule has 0 fully saturated rings. The second kappa shape index (κ2) is 58.9. The summed E-state index contributed by atoms with van der Waals surface area (Å²) in [6, 6.07) is -0.547. The third-order valence-corrected chi connectivity index (χ3v) is 14.5. The number of aliphatic hydroxyl groups is 2. The molecule has 408 valence electrons. The van der Waals surface area contributed by atoms with E-state index in [-0.39, 0.29) is 18.5 Å². The number of amides is 1. The van der Waals surface area contributed by atoms with Gasteiger partial charge in [-0.15, -0.1) is 0 Å². The van der Waals surface area contributed by atoms with Crippen LogP contribution in [0.25, 0.3) is 0 Å². The van der Waals surface area contributed by atoms with Gasteiger partial charge in [0, 0.05) is 12.8 Å². The summed E-state index contributed by atoms with van der Waals surface area (Å²) in [5, 5.41) is 23.2. The van der Waals surface area contributed by atoms with Crippen molar-refractivity contribution >= 4 is 11.9 Å². The van der Waals surface area contributed by atoms with Crippen molar-refractivity contribution in [3.8, 4) is 0 Å². The quantitative estimate of drug-likeness (QED) is 0.0321. The first-order chi connectivity index (χ1) is 34.0. The van der Waals surface area contributed by atoms with Gasteiger partial charge < -0.3 is 20.3 Å². The van der Waals surface area contributed by atoms with Gasteiger partial charge in [0.05, 0.1) is 25.4 Å². The maximum atomic E-state index is 12.4. The highest BCUT2D eigenvalue weighted by Crippen LogP contribution is 2.18. The molecular weight excluding hydrogens is 851 g/mol. The topological polar surface area (TPSA) is 95.9 Å². The smallest absolute Gasteiger partial charge is 0.305 e. The maximum absolute atomic E-state index is 12.4. The van der Waals surface area contributed by atoms with E-state index in [9.17, 15) is 19.8 Å². The van der Waals surface area contributed by atoms with Crippen molar-refractivity contribution < 1.29 is 24.5 Å². The minimum Gasteiger partial charge on any atom is -0.466 e. The molecule has 3 N–H and O–H groups in total. The van der Waals surface area contributed by atoms with Gasteiger partial charge in [-0.3, -0.25) is 9.59 Å². The predicted molar refractivity (Wildman–Crippen MR) is 301 cm³/mol.